The summed E-state index contributed by atoms with van der Waals surface area (Å²) < 4.78 is 6.45. The van der Waals surface area contributed by atoms with Gasteiger partial charge in [0.2, 0.25) is 0 Å². The van der Waals surface area contributed by atoms with Crippen LogP contribution in [-0.2, 0) is 9.53 Å². The zero-order chi connectivity index (χ0) is 12.9. The van der Waals surface area contributed by atoms with Crippen LogP contribution in [0, 0.1) is 16.7 Å². The minimum atomic E-state index is -0.0226. The highest BCUT2D eigenvalue weighted by Crippen LogP contribution is 2.59. The highest BCUT2D eigenvalue weighted by atomic mass is 16.5. The van der Waals surface area contributed by atoms with Crippen molar-refractivity contribution in [3.8, 4) is 0 Å². The number of fused-ring (bicyclic) bond motifs is 1. The number of hydrogen-bond acceptors (Lipinski definition) is 2. The third-order valence-electron chi connectivity index (χ3n) is 5.61. The van der Waals surface area contributed by atoms with E-state index in [2.05, 4.69) is 34.6 Å². The topological polar surface area (TPSA) is 26.3 Å². The van der Waals surface area contributed by atoms with Crippen LogP contribution in [0.2, 0.25) is 0 Å². The number of hydrogen-bond donors (Lipinski definition) is 0. The van der Waals surface area contributed by atoms with Gasteiger partial charge in [0.15, 0.2) is 0 Å². The van der Waals surface area contributed by atoms with E-state index in [1.807, 2.05) is 0 Å². The monoisotopic (exact) mass is 238 g/mol. The minimum absolute atomic E-state index is 0.0117. The number of ether oxygens (including phenoxy) is 1. The first kappa shape index (κ1) is 13.1. The molecular formula is C15H26O2. The number of rotatable bonds is 3. The Morgan fingerprint density at radius 1 is 1.35 bits per heavy atom. The molecule has 2 nitrogen and oxygen atoms in total. The summed E-state index contributed by atoms with van der Waals surface area (Å²) in [7, 11) is 0. The largest absolute Gasteiger partial charge is 0.371 e. The number of aldehydes is 1. The standard InChI is InChI=1S/C15H26O2/c1-13(2,8-9-16)12-10-11-6-7-14(3,4)15(11,5)17-12/h9,11-12H,6-8,10H2,1-5H3. The van der Waals surface area contributed by atoms with Gasteiger partial charge >= 0.3 is 0 Å². The Bertz CT molecular complexity index is 319. The molecule has 0 spiro atoms. The molecule has 0 amide bonds. The Balaban J connectivity index is 2.18. The van der Waals surface area contributed by atoms with Crippen molar-refractivity contribution in [3.05, 3.63) is 0 Å². The normalized spacial score (nSPS) is 40.3. The molecule has 1 heterocycles. The summed E-state index contributed by atoms with van der Waals surface area (Å²) in [6.45, 7) is 11.2. The second-order valence-corrected chi connectivity index (χ2v) is 7.43. The van der Waals surface area contributed by atoms with Crippen LogP contribution >= 0.6 is 0 Å². The zero-order valence-corrected chi connectivity index (χ0v) is 11.9. The molecule has 3 unspecified atom stereocenters. The van der Waals surface area contributed by atoms with Crippen molar-refractivity contribution in [2.45, 2.75) is 72.0 Å². The van der Waals surface area contributed by atoms with Gasteiger partial charge in [-0.1, -0.05) is 27.7 Å². The van der Waals surface area contributed by atoms with Crippen LogP contribution < -0.4 is 0 Å². The lowest BCUT2D eigenvalue weighted by Crippen LogP contribution is -2.42. The molecule has 2 fully saturated rings. The maximum Gasteiger partial charge on any atom is 0.120 e. The van der Waals surface area contributed by atoms with E-state index in [1.54, 1.807) is 0 Å². The highest BCUT2D eigenvalue weighted by Gasteiger charge is 2.59. The van der Waals surface area contributed by atoms with Crippen molar-refractivity contribution in [2.24, 2.45) is 16.7 Å². The van der Waals surface area contributed by atoms with E-state index in [0.717, 1.165) is 12.7 Å². The molecule has 2 aliphatic rings. The van der Waals surface area contributed by atoms with Crippen molar-refractivity contribution >= 4 is 6.29 Å². The predicted octanol–water partition coefficient (Wildman–Crippen LogP) is 3.59. The highest BCUT2D eigenvalue weighted by molar-refractivity contribution is 5.50. The summed E-state index contributed by atoms with van der Waals surface area (Å²) in [5.41, 5.74) is 0.257. The predicted molar refractivity (Wildman–Crippen MR) is 68.9 cm³/mol. The van der Waals surface area contributed by atoms with Gasteiger partial charge in [-0.3, -0.25) is 0 Å². The van der Waals surface area contributed by atoms with E-state index in [4.69, 9.17) is 4.74 Å². The quantitative estimate of drug-likeness (QED) is 0.702. The van der Waals surface area contributed by atoms with Crippen molar-refractivity contribution in [3.63, 3.8) is 0 Å². The molecule has 0 N–H and O–H groups in total. The first-order valence-corrected chi connectivity index (χ1v) is 6.84. The molecule has 0 bridgehead atoms. The van der Waals surface area contributed by atoms with Crippen LogP contribution in [0.4, 0.5) is 0 Å². The van der Waals surface area contributed by atoms with Gasteiger partial charge in [0, 0.05) is 6.42 Å². The first-order chi connectivity index (χ1) is 7.73. The Labute approximate surface area is 105 Å². The van der Waals surface area contributed by atoms with Gasteiger partial charge in [0.1, 0.15) is 6.29 Å². The summed E-state index contributed by atoms with van der Waals surface area (Å²) in [4.78, 5) is 10.8. The molecule has 98 valence electrons. The van der Waals surface area contributed by atoms with E-state index in [-0.39, 0.29) is 22.5 Å². The molecule has 1 aliphatic heterocycles. The summed E-state index contributed by atoms with van der Waals surface area (Å²) in [6, 6.07) is 0. The molecular weight excluding hydrogens is 212 g/mol. The summed E-state index contributed by atoms with van der Waals surface area (Å²) in [5, 5.41) is 0. The lowest BCUT2D eigenvalue weighted by molar-refractivity contribution is -0.133. The van der Waals surface area contributed by atoms with E-state index in [9.17, 15) is 4.79 Å². The number of carbonyl (C=O) groups is 1. The van der Waals surface area contributed by atoms with Gasteiger partial charge < -0.3 is 9.53 Å². The Hall–Kier alpha value is -0.370. The van der Waals surface area contributed by atoms with E-state index in [0.29, 0.717) is 12.3 Å². The van der Waals surface area contributed by atoms with E-state index >= 15 is 0 Å². The molecule has 17 heavy (non-hydrogen) atoms. The van der Waals surface area contributed by atoms with Crippen LogP contribution in [0.5, 0.6) is 0 Å². The molecule has 1 saturated heterocycles. The Morgan fingerprint density at radius 2 is 2.00 bits per heavy atom. The third-order valence-corrected chi connectivity index (χ3v) is 5.61. The molecule has 3 atom stereocenters. The summed E-state index contributed by atoms with van der Waals surface area (Å²) >= 11 is 0. The van der Waals surface area contributed by atoms with Crippen molar-refractivity contribution in [1.82, 2.24) is 0 Å². The molecule has 0 aromatic carbocycles. The summed E-state index contributed by atoms with van der Waals surface area (Å²) in [6.07, 6.45) is 5.53. The fourth-order valence-corrected chi connectivity index (χ4v) is 3.64. The van der Waals surface area contributed by atoms with Crippen LogP contribution in [-0.4, -0.2) is 18.0 Å². The lowest BCUT2D eigenvalue weighted by atomic mass is 9.75. The zero-order valence-electron chi connectivity index (χ0n) is 11.9. The number of carbonyl (C=O) groups excluding carboxylic acids is 1. The van der Waals surface area contributed by atoms with Gasteiger partial charge in [-0.15, -0.1) is 0 Å². The van der Waals surface area contributed by atoms with Gasteiger partial charge in [-0.05, 0) is 42.9 Å². The molecule has 0 aromatic heterocycles. The fourth-order valence-electron chi connectivity index (χ4n) is 3.64. The maximum atomic E-state index is 10.8. The van der Waals surface area contributed by atoms with E-state index < -0.39 is 0 Å². The van der Waals surface area contributed by atoms with Crippen molar-refractivity contribution < 1.29 is 9.53 Å². The SMILES string of the molecule is CC(C)(CC=O)C1CC2CCC(C)(C)C2(C)O1. The summed E-state index contributed by atoms with van der Waals surface area (Å²) in [5.74, 6) is 0.674. The maximum absolute atomic E-state index is 10.8. The molecule has 0 radical (unpaired) electrons. The van der Waals surface area contributed by atoms with Gasteiger partial charge in [-0.2, -0.15) is 0 Å². The fraction of sp³-hybridized carbons (Fsp3) is 0.933. The molecule has 1 saturated carbocycles. The van der Waals surface area contributed by atoms with Gasteiger partial charge in [0.05, 0.1) is 11.7 Å². The Morgan fingerprint density at radius 3 is 2.53 bits per heavy atom. The molecule has 0 aromatic rings. The molecule has 1 aliphatic carbocycles. The minimum Gasteiger partial charge on any atom is -0.371 e. The third kappa shape index (κ3) is 1.85. The van der Waals surface area contributed by atoms with Crippen LogP contribution in [0.25, 0.3) is 0 Å². The smallest absolute Gasteiger partial charge is 0.120 e. The average Bonchev–Trinajstić information content (AvgIpc) is 2.64. The van der Waals surface area contributed by atoms with Crippen LogP contribution in [0.3, 0.4) is 0 Å². The van der Waals surface area contributed by atoms with Crippen molar-refractivity contribution in [1.29, 1.82) is 0 Å². The van der Waals surface area contributed by atoms with Gasteiger partial charge in [0.25, 0.3) is 0 Å². The second-order valence-electron chi connectivity index (χ2n) is 7.43. The van der Waals surface area contributed by atoms with Gasteiger partial charge in [-0.25, -0.2) is 0 Å². The van der Waals surface area contributed by atoms with Crippen LogP contribution in [0.15, 0.2) is 0 Å². The van der Waals surface area contributed by atoms with Crippen molar-refractivity contribution in [2.75, 3.05) is 0 Å². The second kappa shape index (κ2) is 3.81. The Kier molecular flexibility index (Phi) is 2.93. The molecule has 2 rings (SSSR count). The van der Waals surface area contributed by atoms with Crippen LogP contribution in [0.1, 0.15) is 60.3 Å². The average molecular weight is 238 g/mol. The first-order valence-electron chi connectivity index (χ1n) is 6.84. The lowest BCUT2D eigenvalue weighted by Gasteiger charge is -2.40. The van der Waals surface area contributed by atoms with E-state index in [1.165, 1.54) is 12.8 Å². The molecule has 2 heteroatoms.